The molecule has 1 unspecified atom stereocenters. The molecule has 29 heavy (non-hydrogen) atoms. The summed E-state index contributed by atoms with van der Waals surface area (Å²) >= 11 is 0. The summed E-state index contributed by atoms with van der Waals surface area (Å²) in [6.45, 7) is 4.83. The van der Waals surface area contributed by atoms with Gasteiger partial charge in [0.2, 0.25) is 5.91 Å². The Labute approximate surface area is 171 Å². The number of carbonyl (C=O) groups excluding carboxylic acids is 2. The van der Waals surface area contributed by atoms with Gasteiger partial charge in [0, 0.05) is 6.54 Å². The number of likely N-dealkylation sites (tertiary alicyclic amines) is 1. The number of carbonyl (C=O) groups is 2. The number of rotatable bonds is 6. The molecule has 4 rings (SSSR count). The number of anilines is 1. The minimum absolute atomic E-state index is 0.0811. The number of hydrogen-bond donors (Lipinski definition) is 1. The molecule has 2 aromatic rings. The summed E-state index contributed by atoms with van der Waals surface area (Å²) < 4.78 is 5.33. The van der Waals surface area contributed by atoms with Crippen molar-refractivity contribution in [3.8, 4) is 5.75 Å². The fourth-order valence-corrected chi connectivity index (χ4v) is 4.13. The molecule has 0 saturated carbocycles. The van der Waals surface area contributed by atoms with Gasteiger partial charge in [-0.3, -0.25) is 9.69 Å². The van der Waals surface area contributed by atoms with Gasteiger partial charge in [-0.2, -0.15) is 0 Å². The third-order valence-corrected chi connectivity index (χ3v) is 5.59. The fourth-order valence-electron chi connectivity index (χ4n) is 4.13. The average Bonchev–Trinajstić information content (AvgIpc) is 3.23. The predicted octanol–water partition coefficient (Wildman–Crippen LogP) is 2.67. The normalized spacial score (nSPS) is 17.6. The van der Waals surface area contributed by atoms with Gasteiger partial charge in [-0.15, -0.1) is 0 Å². The molecule has 2 aliphatic heterocycles. The van der Waals surface area contributed by atoms with Crippen molar-refractivity contribution in [2.45, 2.75) is 25.8 Å². The van der Waals surface area contributed by atoms with Crippen LogP contribution in [0.2, 0.25) is 0 Å². The molecule has 152 valence electrons. The Bertz CT molecular complexity index is 878. The van der Waals surface area contributed by atoms with E-state index in [9.17, 15) is 9.59 Å². The van der Waals surface area contributed by atoms with Crippen molar-refractivity contribution in [2.24, 2.45) is 0 Å². The van der Waals surface area contributed by atoms with E-state index >= 15 is 0 Å². The number of ether oxygens (including phenoxy) is 1. The summed E-state index contributed by atoms with van der Waals surface area (Å²) in [6, 6.07) is 16.2. The van der Waals surface area contributed by atoms with Gasteiger partial charge in [0.05, 0.1) is 18.3 Å². The summed E-state index contributed by atoms with van der Waals surface area (Å²) in [5.41, 5.74) is 3.01. The standard InChI is InChI=1S/C23H27N3O3/c1-17-9-10-19-21(13-17)29-23(28)16-26(19)15-22(27)24-14-20(25-11-5-6-12-25)18-7-3-2-4-8-18/h2-4,7-10,13,20H,5-6,11-12,14-16H2,1H3,(H,24,27). The van der Waals surface area contributed by atoms with Crippen LogP contribution in [-0.4, -0.2) is 49.5 Å². The highest BCUT2D eigenvalue weighted by Gasteiger charge is 2.27. The van der Waals surface area contributed by atoms with E-state index in [1.807, 2.05) is 43.3 Å². The summed E-state index contributed by atoms with van der Waals surface area (Å²) in [5, 5.41) is 3.09. The second-order valence-corrected chi connectivity index (χ2v) is 7.77. The van der Waals surface area contributed by atoms with E-state index < -0.39 is 0 Å². The molecule has 0 aromatic heterocycles. The van der Waals surface area contributed by atoms with Crippen molar-refractivity contribution in [1.82, 2.24) is 10.2 Å². The van der Waals surface area contributed by atoms with Crippen molar-refractivity contribution in [3.63, 3.8) is 0 Å². The zero-order valence-electron chi connectivity index (χ0n) is 16.8. The molecule has 1 atom stereocenters. The SMILES string of the molecule is Cc1ccc2c(c1)OC(=O)CN2CC(=O)NCC(c1ccccc1)N1CCCC1. The van der Waals surface area contributed by atoms with E-state index in [0.29, 0.717) is 12.3 Å². The lowest BCUT2D eigenvalue weighted by Gasteiger charge is -2.31. The Balaban J connectivity index is 1.42. The molecule has 0 aliphatic carbocycles. The number of nitrogens with zero attached hydrogens (tertiary/aromatic N) is 2. The Morgan fingerprint density at radius 2 is 1.90 bits per heavy atom. The van der Waals surface area contributed by atoms with Crippen LogP contribution in [0.3, 0.4) is 0 Å². The van der Waals surface area contributed by atoms with Crippen LogP contribution in [0.25, 0.3) is 0 Å². The Morgan fingerprint density at radius 1 is 1.14 bits per heavy atom. The van der Waals surface area contributed by atoms with Crippen LogP contribution in [0.1, 0.15) is 30.0 Å². The molecule has 1 amide bonds. The van der Waals surface area contributed by atoms with Crippen LogP contribution in [0.15, 0.2) is 48.5 Å². The molecule has 6 heteroatoms. The van der Waals surface area contributed by atoms with Crippen molar-refractivity contribution in [1.29, 1.82) is 0 Å². The molecular formula is C23H27N3O3. The number of hydrogen-bond acceptors (Lipinski definition) is 5. The molecule has 6 nitrogen and oxygen atoms in total. The van der Waals surface area contributed by atoms with Gasteiger partial charge in [0.15, 0.2) is 5.75 Å². The molecule has 0 spiro atoms. The van der Waals surface area contributed by atoms with E-state index in [0.717, 1.165) is 24.3 Å². The Hall–Kier alpha value is -2.86. The highest BCUT2D eigenvalue weighted by atomic mass is 16.5. The lowest BCUT2D eigenvalue weighted by Crippen LogP contribution is -2.45. The molecule has 0 bridgehead atoms. The lowest BCUT2D eigenvalue weighted by molar-refractivity contribution is -0.133. The molecule has 2 heterocycles. The highest BCUT2D eigenvalue weighted by molar-refractivity contribution is 5.89. The minimum atomic E-state index is -0.338. The van der Waals surface area contributed by atoms with Crippen molar-refractivity contribution in [2.75, 3.05) is 37.6 Å². The fraction of sp³-hybridized carbons (Fsp3) is 0.391. The van der Waals surface area contributed by atoms with Crippen LogP contribution < -0.4 is 15.0 Å². The molecule has 1 saturated heterocycles. The zero-order valence-corrected chi connectivity index (χ0v) is 16.8. The number of benzene rings is 2. The van der Waals surface area contributed by atoms with Crippen LogP contribution in [-0.2, 0) is 9.59 Å². The van der Waals surface area contributed by atoms with Gasteiger partial charge in [0.25, 0.3) is 0 Å². The van der Waals surface area contributed by atoms with E-state index in [4.69, 9.17) is 4.74 Å². The van der Waals surface area contributed by atoms with Crippen LogP contribution in [0, 0.1) is 6.92 Å². The third-order valence-electron chi connectivity index (χ3n) is 5.59. The van der Waals surface area contributed by atoms with Gasteiger partial charge >= 0.3 is 5.97 Å². The average molecular weight is 393 g/mol. The largest absolute Gasteiger partial charge is 0.423 e. The summed E-state index contributed by atoms with van der Waals surface area (Å²) in [7, 11) is 0. The van der Waals surface area contributed by atoms with Crippen LogP contribution in [0.5, 0.6) is 5.75 Å². The second kappa shape index (κ2) is 8.66. The maximum Gasteiger partial charge on any atom is 0.331 e. The number of fused-ring (bicyclic) bond motifs is 1. The third kappa shape index (κ3) is 4.59. The Morgan fingerprint density at radius 3 is 2.66 bits per heavy atom. The Kier molecular flexibility index (Phi) is 5.81. The monoisotopic (exact) mass is 393 g/mol. The quantitative estimate of drug-likeness (QED) is 0.604. The van der Waals surface area contributed by atoms with Gasteiger partial charge in [-0.1, -0.05) is 36.4 Å². The molecule has 0 radical (unpaired) electrons. The van der Waals surface area contributed by atoms with Gasteiger partial charge in [-0.05, 0) is 56.1 Å². The highest BCUT2D eigenvalue weighted by Crippen LogP contribution is 2.32. The second-order valence-electron chi connectivity index (χ2n) is 7.77. The van der Waals surface area contributed by atoms with E-state index in [-0.39, 0.29) is 31.0 Å². The molecule has 2 aromatic carbocycles. The van der Waals surface area contributed by atoms with E-state index in [1.54, 1.807) is 4.90 Å². The summed E-state index contributed by atoms with van der Waals surface area (Å²) in [6.07, 6.45) is 2.40. The van der Waals surface area contributed by atoms with Gasteiger partial charge in [-0.25, -0.2) is 4.79 Å². The molecular weight excluding hydrogens is 366 g/mol. The lowest BCUT2D eigenvalue weighted by atomic mass is 10.1. The van der Waals surface area contributed by atoms with E-state index in [2.05, 4.69) is 22.3 Å². The summed E-state index contributed by atoms with van der Waals surface area (Å²) in [4.78, 5) is 28.9. The maximum absolute atomic E-state index is 12.7. The topological polar surface area (TPSA) is 61.9 Å². The molecule has 1 fully saturated rings. The first-order valence-electron chi connectivity index (χ1n) is 10.2. The van der Waals surface area contributed by atoms with E-state index in [1.165, 1.54) is 18.4 Å². The van der Waals surface area contributed by atoms with Gasteiger partial charge in [0.1, 0.15) is 6.54 Å². The number of aryl methyl sites for hydroxylation is 1. The first-order chi connectivity index (χ1) is 14.1. The number of esters is 1. The number of nitrogens with one attached hydrogen (secondary N) is 1. The van der Waals surface area contributed by atoms with Crippen LogP contribution in [0.4, 0.5) is 5.69 Å². The maximum atomic E-state index is 12.7. The molecule has 1 N–H and O–H groups in total. The smallest absolute Gasteiger partial charge is 0.331 e. The zero-order chi connectivity index (χ0) is 20.2. The first-order valence-corrected chi connectivity index (χ1v) is 10.2. The van der Waals surface area contributed by atoms with Crippen molar-refractivity contribution >= 4 is 17.6 Å². The first kappa shape index (κ1) is 19.5. The number of amides is 1. The molecule has 2 aliphatic rings. The predicted molar refractivity (Wildman–Crippen MR) is 112 cm³/mol. The summed E-state index contributed by atoms with van der Waals surface area (Å²) in [5.74, 6) is 0.0924. The van der Waals surface area contributed by atoms with Crippen molar-refractivity contribution in [3.05, 3.63) is 59.7 Å². The van der Waals surface area contributed by atoms with Crippen molar-refractivity contribution < 1.29 is 14.3 Å². The minimum Gasteiger partial charge on any atom is -0.423 e. The van der Waals surface area contributed by atoms with Gasteiger partial charge < -0.3 is 15.0 Å². The van der Waals surface area contributed by atoms with Crippen LogP contribution >= 0.6 is 0 Å².